The van der Waals surface area contributed by atoms with Crippen LogP contribution in [0.3, 0.4) is 0 Å². The van der Waals surface area contributed by atoms with Crippen molar-refractivity contribution in [3.63, 3.8) is 0 Å². The molecule has 0 bridgehead atoms. The highest BCUT2D eigenvalue weighted by Gasteiger charge is 2.16. The van der Waals surface area contributed by atoms with Gasteiger partial charge in [0.05, 0.1) is 17.5 Å². The van der Waals surface area contributed by atoms with Crippen LogP contribution in [-0.2, 0) is 13.6 Å². The molecule has 0 saturated carbocycles. The topological polar surface area (TPSA) is 56.1 Å². The van der Waals surface area contributed by atoms with Crippen LogP contribution in [-0.4, -0.2) is 33.9 Å². The number of benzene rings is 1. The number of pyridine rings is 1. The summed E-state index contributed by atoms with van der Waals surface area (Å²) in [7, 11) is 5.67. The van der Waals surface area contributed by atoms with E-state index in [0.717, 1.165) is 44.4 Å². The number of methoxy groups -OCH3 is 1. The molecule has 3 heterocycles. The minimum Gasteiger partial charge on any atom is -0.494 e. The Labute approximate surface area is 149 Å². The molecule has 4 rings (SSSR count). The maximum absolute atomic E-state index is 5.43. The van der Waals surface area contributed by atoms with Gasteiger partial charge in [-0.05, 0) is 24.6 Å². The molecule has 0 unspecified atom stereocenters. The van der Waals surface area contributed by atoms with Crippen LogP contribution < -0.4 is 9.64 Å². The molecule has 6 nitrogen and oxygen atoms in total. The molecule has 0 radical (unpaired) electrons. The Balaban J connectivity index is 1.71. The second kappa shape index (κ2) is 6.00. The number of hydrogen-bond acceptors (Lipinski definition) is 6. The lowest BCUT2D eigenvalue weighted by molar-refractivity contribution is 0.419. The molecular weight excluding hydrogens is 334 g/mol. The number of ether oxygens (including phenoxy) is 1. The normalized spacial score (nSPS) is 11.4. The van der Waals surface area contributed by atoms with Gasteiger partial charge in [0.25, 0.3) is 0 Å². The standard InChI is InChI=1S/C18H19N5OS/c1-11-16-17(23(3)21-11)20-18(25-16)22(2)10-12-7-8-14(24-4)15-13(12)6-5-9-19-15/h5-9H,10H2,1-4H3. The molecule has 128 valence electrons. The van der Waals surface area contributed by atoms with Crippen LogP contribution in [0.15, 0.2) is 30.5 Å². The van der Waals surface area contributed by atoms with Gasteiger partial charge in [0.2, 0.25) is 0 Å². The van der Waals surface area contributed by atoms with E-state index < -0.39 is 0 Å². The lowest BCUT2D eigenvalue weighted by atomic mass is 10.1. The zero-order valence-corrected chi connectivity index (χ0v) is 15.5. The van der Waals surface area contributed by atoms with Gasteiger partial charge in [-0.15, -0.1) is 0 Å². The van der Waals surface area contributed by atoms with Gasteiger partial charge in [-0.25, -0.2) is 9.67 Å². The Morgan fingerprint density at radius 3 is 2.88 bits per heavy atom. The van der Waals surface area contributed by atoms with E-state index in [-0.39, 0.29) is 0 Å². The molecule has 0 aliphatic rings. The summed E-state index contributed by atoms with van der Waals surface area (Å²) in [6.07, 6.45) is 1.79. The van der Waals surface area contributed by atoms with Crippen LogP contribution in [0.4, 0.5) is 5.13 Å². The third-order valence-electron chi connectivity index (χ3n) is 4.31. The Morgan fingerprint density at radius 2 is 2.12 bits per heavy atom. The number of fused-ring (bicyclic) bond motifs is 2. The van der Waals surface area contributed by atoms with Gasteiger partial charge in [0.15, 0.2) is 10.8 Å². The fourth-order valence-corrected chi connectivity index (χ4v) is 4.06. The highest BCUT2D eigenvalue weighted by Crippen LogP contribution is 2.32. The first-order valence-corrected chi connectivity index (χ1v) is 8.82. The summed E-state index contributed by atoms with van der Waals surface area (Å²) in [5, 5.41) is 6.51. The largest absolute Gasteiger partial charge is 0.494 e. The highest BCUT2D eigenvalue weighted by atomic mass is 32.1. The fraction of sp³-hybridized carbons (Fsp3) is 0.278. The number of rotatable bonds is 4. The van der Waals surface area contributed by atoms with Crippen molar-refractivity contribution in [1.29, 1.82) is 0 Å². The Morgan fingerprint density at radius 1 is 1.28 bits per heavy atom. The van der Waals surface area contributed by atoms with E-state index in [4.69, 9.17) is 9.72 Å². The van der Waals surface area contributed by atoms with Gasteiger partial charge in [0.1, 0.15) is 11.3 Å². The SMILES string of the molecule is COc1ccc(CN(C)c2nc3c(s2)c(C)nn3C)c2cccnc12. The van der Waals surface area contributed by atoms with Gasteiger partial charge in [-0.3, -0.25) is 4.98 Å². The van der Waals surface area contributed by atoms with Crippen molar-refractivity contribution < 1.29 is 4.74 Å². The van der Waals surface area contributed by atoms with E-state index in [9.17, 15) is 0 Å². The predicted octanol–water partition coefficient (Wildman–Crippen LogP) is 3.53. The quantitative estimate of drug-likeness (QED) is 0.562. The highest BCUT2D eigenvalue weighted by molar-refractivity contribution is 7.22. The average molecular weight is 353 g/mol. The van der Waals surface area contributed by atoms with Crippen LogP contribution in [0.1, 0.15) is 11.3 Å². The van der Waals surface area contributed by atoms with Gasteiger partial charge < -0.3 is 9.64 Å². The van der Waals surface area contributed by atoms with E-state index in [1.165, 1.54) is 5.56 Å². The van der Waals surface area contributed by atoms with Gasteiger partial charge >= 0.3 is 0 Å². The van der Waals surface area contributed by atoms with Crippen LogP contribution in [0.2, 0.25) is 0 Å². The third-order valence-corrected chi connectivity index (χ3v) is 5.58. The molecule has 0 atom stereocenters. The minimum absolute atomic E-state index is 0.748. The van der Waals surface area contributed by atoms with Gasteiger partial charge in [-0.2, -0.15) is 5.10 Å². The summed E-state index contributed by atoms with van der Waals surface area (Å²) < 4.78 is 8.41. The maximum atomic E-state index is 5.43. The molecule has 0 N–H and O–H groups in total. The van der Waals surface area contributed by atoms with Crippen LogP contribution >= 0.6 is 11.3 Å². The van der Waals surface area contributed by atoms with Crippen molar-refractivity contribution in [2.24, 2.45) is 7.05 Å². The molecule has 0 amide bonds. The second-order valence-electron chi connectivity index (χ2n) is 6.04. The van der Waals surface area contributed by atoms with Crippen LogP contribution in [0.25, 0.3) is 21.3 Å². The molecule has 0 fully saturated rings. The van der Waals surface area contributed by atoms with E-state index in [0.29, 0.717) is 0 Å². The molecular formula is C18H19N5OS. The third kappa shape index (κ3) is 2.60. The molecule has 4 aromatic rings. The summed E-state index contributed by atoms with van der Waals surface area (Å²) in [6.45, 7) is 2.77. The predicted molar refractivity (Wildman–Crippen MR) is 102 cm³/mol. The summed E-state index contributed by atoms with van der Waals surface area (Å²) in [5.41, 5.74) is 4.04. The number of hydrogen-bond donors (Lipinski definition) is 0. The smallest absolute Gasteiger partial charge is 0.188 e. The Bertz CT molecular complexity index is 1030. The number of nitrogens with zero attached hydrogens (tertiary/aromatic N) is 5. The number of thiazole rings is 1. The van der Waals surface area contributed by atoms with E-state index in [2.05, 4.69) is 34.2 Å². The zero-order valence-electron chi connectivity index (χ0n) is 14.6. The number of aryl methyl sites for hydroxylation is 2. The molecule has 0 aliphatic heterocycles. The average Bonchev–Trinajstić information content (AvgIpc) is 3.17. The van der Waals surface area contributed by atoms with E-state index in [1.54, 1.807) is 24.6 Å². The molecule has 0 aliphatic carbocycles. The lowest BCUT2D eigenvalue weighted by Gasteiger charge is -2.17. The van der Waals surface area contributed by atoms with E-state index >= 15 is 0 Å². The molecule has 0 saturated heterocycles. The molecule has 1 aromatic carbocycles. The fourth-order valence-electron chi connectivity index (χ4n) is 3.07. The van der Waals surface area contributed by atoms with Crippen molar-refractivity contribution in [2.75, 3.05) is 19.1 Å². The number of anilines is 1. The van der Waals surface area contributed by atoms with Crippen LogP contribution in [0, 0.1) is 6.92 Å². The van der Waals surface area contributed by atoms with Crippen molar-refractivity contribution >= 4 is 37.7 Å². The lowest BCUT2D eigenvalue weighted by Crippen LogP contribution is -2.16. The maximum Gasteiger partial charge on any atom is 0.188 e. The van der Waals surface area contributed by atoms with Crippen LogP contribution in [0.5, 0.6) is 5.75 Å². The first-order chi connectivity index (χ1) is 12.1. The number of aromatic nitrogens is 4. The Kier molecular flexibility index (Phi) is 3.80. The van der Waals surface area contributed by atoms with Gasteiger partial charge in [-0.1, -0.05) is 23.5 Å². The zero-order chi connectivity index (χ0) is 17.6. The van der Waals surface area contributed by atoms with Crippen molar-refractivity contribution in [1.82, 2.24) is 19.7 Å². The van der Waals surface area contributed by atoms with Crippen molar-refractivity contribution in [2.45, 2.75) is 13.5 Å². The van der Waals surface area contributed by atoms with E-state index in [1.807, 2.05) is 30.8 Å². The molecule has 25 heavy (non-hydrogen) atoms. The summed E-state index contributed by atoms with van der Waals surface area (Å²) in [6, 6.07) is 8.11. The summed E-state index contributed by atoms with van der Waals surface area (Å²) >= 11 is 1.68. The molecule has 7 heteroatoms. The summed E-state index contributed by atoms with van der Waals surface area (Å²) in [5.74, 6) is 0.795. The minimum atomic E-state index is 0.748. The molecule has 0 spiro atoms. The monoisotopic (exact) mass is 353 g/mol. The van der Waals surface area contributed by atoms with Crippen molar-refractivity contribution in [3.8, 4) is 5.75 Å². The second-order valence-corrected chi connectivity index (χ2v) is 7.02. The first-order valence-electron chi connectivity index (χ1n) is 8.00. The summed E-state index contributed by atoms with van der Waals surface area (Å²) in [4.78, 5) is 11.4. The first kappa shape index (κ1) is 15.8. The Hall–Kier alpha value is -2.67. The van der Waals surface area contributed by atoms with Gasteiger partial charge in [0, 0.05) is 32.2 Å². The van der Waals surface area contributed by atoms with Crippen molar-refractivity contribution in [3.05, 3.63) is 41.7 Å². The molecule has 3 aromatic heterocycles.